The first-order valence-corrected chi connectivity index (χ1v) is 6.24. The summed E-state index contributed by atoms with van der Waals surface area (Å²) >= 11 is 0. The van der Waals surface area contributed by atoms with Crippen LogP contribution in [0.5, 0.6) is 5.75 Å². The van der Waals surface area contributed by atoms with Gasteiger partial charge >= 0.3 is 0 Å². The largest absolute Gasteiger partial charge is 0.489 e. The summed E-state index contributed by atoms with van der Waals surface area (Å²) in [6.07, 6.45) is 1.88. The smallest absolute Gasteiger partial charge is 0.126 e. The SMILES string of the molecule is OCc1cc2[nH]ccc2cc1OCc1ccccc1. The van der Waals surface area contributed by atoms with Crippen LogP contribution in [-0.2, 0) is 13.2 Å². The molecule has 0 aliphatic rings. The lowest BCUT2D eigenvalue weighted by Crippen LogP contribution is -1.98. The Morgan fingerprint density at radius 1 is 1.05 bits per heavy atom. The molecule has 0 fully saturated rings. The van der Waals surface area contributed by atoms with E-state index in [1.807, 2.05) is 54.7 Å². The van der Waals surface area contributed by atoms with Gasteiger partial charge in [-0.2, -0.15) is 0 Å². The summed E-state index contributed by atoms with van der Waals surface area (Å²) in [5, 5.41) is 10.5. The van der Waals surface area contributed by atoms with Crippen molar-refractivity contribution >= 4 is 10.9 Å². The minimum absolute atomic E-state index is 0.0287. The average Bonchev–Trinajstić information content (AvgIpc) is 2.92. The van der Waals surface area contributed by atoms with Crippen LogP contribution in [0.3, 0.4) is 0 Å². The number of aromatic nitrogens is 1. The van der Waals surface area contributed by atoms with Crippen LogP contribution < -0.4 is 4.74 Å². The highest BCUT2D eigenvalue weighted by atomic mass is 16.5. The number of fused-ring (bicyclic) bond motifs is 1. The van der Waals surface area contributed by atoms with Gasteiger partial charge in [-0.05, 0) is 23.8 Å². The molecule has 0 amide bonds. The van der Waals surface area contributed by atoms with E-state index < -0.39 is 0 Å². The van der Waals surface area contributed by atoms with E-state index in [0.717, 1.165) is 27.8 Å². The molecule has 0 aliphatic carbocycles. The fourth-order valence-corrected chi connectivity index (χ4v) is 2.12. The highest BCUT2D eigenvalue weighted by molar-refractivity contribution is 5.82. The van der Waals surface area contributed by atoms with Gasteiger partial charge in [-0.3, -0.25) is 0 Å². The molecule has 96 valence electrons. The number of hydrogen-bond acceptors (Lipinski definition) is 2. The lowest BCUT2D eigenvalue weighted by Gasteiger charge is -2.10. The summed E-state index contributed by atoms with van der Waals surface area (Å²) in [5.41, 5.74) is 2.92. The topological polar surface area (TPSA) is 45.2 Å². The van der Waals surface area contributed by atoms with Crippen LogP contribution in [-0.4, -0.2) is 10.1 Å². The second-order valence-electron chi connectivity index (χ2n) is 4.46. The lowest BCUT2D eigenvalue weighted by atomic mass is 10.1. The fourth-order valence-electron chi connectivity index (χ4n) is 2.12. The van der Waals surface area contributed by atoms with Crippen LogP contribution in [0.1, 0.15) is 11.1 Å². The number of H-pyrrole nitrogens is 1. The van der Waals surface area contributed by atoms with E-state index in [1.54, 1.807) is 0 Å². The van der Waals surface area contributed by atoms with Crippen LogP contribution in [0.4, 0.5) is 0 Å². The Morgan fingerprint density at radius 3 is 2.68 bits per heavy atom. The Bertz CT molecular complexity index is 674. The Labute approximate surface area is 111 Å². The van der Waals surface area contributed by atoms with E-state index in [0.29, 0.717) is 6.61 Å². The van der Waals surface area contributed by atoms with Crippen LogP contribution in [0.2, 0.25) is 0 Å². The van der Waals surface area contributed by atoms with Crippen LogP contribution in [0, 0.1) is 0 Å². The molecule has 0 unspecified atom stereocenters. The number of aromatic amines is 1. The first-order chi connectivity index (χ1) is 9.36. The van der Waals surface area contributed by atoms with Gasteiger partial charge in [0, 0.05) is 22.7 Å². The van der Waals surface area contributed by atoms with Gasteiger partial charge in [-0.15, -0.1) is 0 Å². The lowest BCUT2D eigenvalue weighted by molar-refractivity contribution is 0.259. The number of hydrogen-bond donors (Lipinski definition) is 2. The molecule has 2 aromatic carbocycles. The van der Waals surface area contributed by atoms with Crippen molar-refractivity contribution < 1.29 is 9.84 Å². The van der Waals surface area contributed by atoms with E-state index in [1.165, 1.54) is 0 Å². The zero-order valence-corrected chi connectivity index (χ0v) is 10.5. The summed E-state index contributed by atoms with van der Waals surface area (Å²) in [5.74, 6) is 0.735. The summed E-state index contributed by atoms with van der Waals surface area (Å²) in [6.45, 7) is 0.475. The van der Waals surface area contributed by atoms with E-state index in [-0.39, 0.29) is 6.61 Å². The number of nitrogens with one attached hydrogen (secondary N) is 1. The Hall–Kier alpha value is -2.26. The molecular formula is C16H15NO2. The Balaban J connectivity index is 1.86. The van der Waals surface area contributed by atoms with E-state index in [9.17, 15) is 5.11 Å². The minimum atomic E-state index is -0.0287. The zero-order chi connectivity index (χ0) is 13.1. The monoisotopic (exact) mass is 253 g/mol. The predicted octanol–water partition coefficient (Wildman–Crippen LogP) is 3.24. The maximum atomic E-state index is 9.42. The molecule has 3 heteroatoms. The molecule has 0 saturated carbocycles. The van der Waals surface area contributed by atoms with Gasteiger partial charge in [-0.1, -0.05) is 30.3 Å². The molecule has 2 N–H and O–H groups in total. The van der Waals surface area contributed by atoms with Crippen molar-refractivity contribution in [2.45, 2.75) is 13.2 Å². The molecule has 0 atom stereocenters. The third-order valence-electron chi connectivity index (χ3n) is 3.14. The number of aliphatic hydroxyl groups excluding tert-OH is 1. The quantitative estimate of drug-likeness (QED) is 0.749. The summed E-state index contributed by atoms with van der Waals surface area (Å²) in [7, 11) is 0. The number of benzene rings is 2. The van der Waals surface area contributed by atoms with Crippen LogP contribution in [0.15, 0.2) is 54.7 Å². The van der Waals surface area contributed by atoms with Crippen molar-refractivity contribution in [2.75, 3.05) is 0 Å². The molecule has 3 nitrogen and oxygen atoms in total. The Kier molecular flexibility index (Phi) is 3.21. The van der Waals surface area contributed by atoms with Crippen LogP contribution in [0.25, 0.3) is 10.9 Å². The maximum Gasteiger partial charge on any atom is 0.126 e. The van der Waals surface area contributed by atoms with Crippen molar-refractivity contribution in [1.29, 1.82) is 0 Å². The standard InChI is InChI=1S/C16H15NO2/c18-10-14-8-15-13(6-7-17-15)9-16(14)19-11-12-4-2-1-3-5-12/h1-9,17-18H,10-11H2. The summed E-state index contributed by atoms with van der Waals surface area (Å²) in [6, 6.07) is 15.9. The maximum absolute atomic E-state index is 9.42. The molecule has 1 heterocycles. The number of ether oxygens (including phenoxy) is 1. The van der Waals surface area contributed by atoms with Crippen LogP contribution >= 0.6 is 0 Å². The van der Waals surface area contributed by atoms with Crippen molar-refractivity contribution in [1.82, 2.24) is 4.98 Å². The highest BCUT2D eigenvalue weighted by Crippen LogP contribution is 2.26. The molecule has 0 radical (unpaired) electrons. The molecular weight excluding hydrogens is 238 g/mol. The van der Waals surface area contributed by atoms with Gasteiger partial charge in [0.05, 0.1) is 6.61 Å². The van der Waals surface area contributed by atoms with E-state index in [2.05, 4.69) is 4.98 Å². The van der Waals surface area contributed by atoms with Gasteiger partial charge < -0.3 is 14.8 Å². The molecule has 1 aromatic heterocycles. The average molecular weight is 253 g/mol. The van der Waals surface area contributed by atoms with Gasteiger partial charge in [0.1, 0.15) is 12.4 Å². The molecule has 0 saturated heterocycles. The predicted molar refractivity (Wildman–Crippen MR) is 75.0 cm³/mol. The number of rotatable bonds is 4. The van der Waals surface area contributed by atoms with E-state index in [4.69, 9.17) is 4.74 Å². The van der Waals surface area contributed by atoms with Gasteiger partial charge in [-0.25, -0.2) is 0 Å². The number of aliphatic hydroxyl groups is 1. The molecule has 19 heavy (non-hydrogen) atoms. The molecule has 0 aliphatic heterocycles. The first kappa shape index (κ1) is 11.8. The zero-order valence-electron chi connectivity index (χ0n) is 10.5. The third-order valence-corrected chi connectivity index (χ3v) is 3.14. The second-order valence-corrected chi connectivity index (χ2v) is 4.46. The van der Waals surface area contributed by atoms with Gasteiger partial charge in [0.2, 0.25) is 0 Å². The van der Waals surface area contributed by atoms with Crippen molar-refractivity contribution in [3.63, 3.8) is 0 Å². The third kappa shape index (κ3) is 2.46. The summed E-state index contributed by atoms with van der Waals surface area (Å²) < 4.78 is 5.82. The normalized spacial score (nSPS) is 10.8. The molecule has 3 rings (SSSR count). The Morgan fingerprint density at radius 2 is 1.89 bits per heavy atom. The highest BCUT2D eigenvalue weighted by Gasteiger charge is 2.06. The minimum Gasteiger partial charge on any atom is -0.489 e. The second kappa shape index (κ2) is 5.16. The van der Waals surface area contributed by atoms with Gasteiger partial charge in [0.25, 0.3) is 0 Å². The van der Waals surface area contributed by atoms with Crippen molar-refractivity contribution in [3.8, 4) is 5.75 Å². The van der Waals surface area contributed by atoms with Gasteiger partial charge in [0.15, 0.2) is 0 Å². The molecule has 0 spiro atoms. The summed E-state index contributed by atoms with van der Waals surface area (Å²) in [4.78, 5) is 3.13. The first-order valence-electron chi connectivity index (χ1n) is 6.24. The van der Waals surface area contributed by atoms with E-state index >= 15 is 0 Å². The molecule has 0 bridgehead atoms. The molecule has 3 aromatic rings. The van der Waals surface area contributed by atoms with Crippen molar-refractivity contribution in [3.05, 3.63) is 65.9 Å². The van der Waals surface area contributed by atoms with Crippen molar-refractivity contribution in [2.24, 2.45) is 0 Å². The fraction of sp³-hybridized carbons (Fsp3) is 0.125.